The maximum Gasteiger partial charge on any atom is 0.155 e. The van der Waals surface area contributed by atoms with Crippen molar-refractivity contribution in [3.8, 4) is 11.5 Å². The Bertz CT molecular complexity index is 447. The maximum absolute atomic E-state index is 5.83. The highest BCUT2D eigenvalue weighted by molar-refractivity contribution is 7.77. The summed E-state index contributed by atoms with van der Waals surface area (Å²) in [6.07, 6.45) is 2.10. The molecule has 1 atom stereocenters. The molecule has 95 valence electrons. The molecule has 1 aromatic rings. The molecule has 0 aromatic heterocycles. The van der Waals surface area contributed by atoms with Gasteiger partial charge in [0, 0.05) is 18.1 Å². The Balaban J connectivity index is 1.97. The van der Waals surface area contributed by atoms with Crippen molar-refractivity contribution in [2.75, 3.05) is 13.2 Å². The average molecular weight is 261 g/mol. The lowest BCUT2D eigenvalue weighted by Crippen LogP contribution is -2.11. The summed E-state index contributed by atoms with van der Waals surface area (Å²) >= 11 is 0. The Hall–Kier alpha value is -0.685. The number of fused-ring (bicyclic) bond motifs is 2. The number of ether oxygens (including phenoxy) is 2. The number of rotatable bonds is 2. The molecule has 18 heavy (non-hydrogen) atoms. The highest BCUT2D eigenvalue weighted by atomic mass is 31.1. The summed E-state index contributed by atoms with van der Waals surface area (Å²) in [5.74, 6) is 2.21. The van der Waals surface area contributed by atoms with Crippen LogP contribution in [-0.4, -0.2) is 20.2 Å². The highest BCUT2D eigenvalue weighted by Crippen LogP contribution is 2.40. The lowest BCUT2D eigenvalue weighted by Gasteiger charge is -2.19. The molecule has 1 aromatic carbocycles. The normalized spacial score (nSPS) is 17.5. The van der Waals surface area contributed by atoms with E-state index in [0.29, 0.717) is 8.46 Å². The first-order valence-corrected chi connectivity index (χ1v) is 7.67. The summed E-state index contributed by atoms with van der Waals surface area (Å²) in [5.41, 5.74) is 2.76. The Morgan fingerprint density at radius 1 is 1.06 bits per heavy atom. The highest BCUT2D eigenvalue weighted by Gasteiger charge is 2.27. The first kappa shape index (κ1) is 12.4. The van der Waals surface area contributed by atoms with Crippen LogP contribution in [0.25, 0.3) is 0 Å². The van der Waals surface area contributed by atoms with Crippen molar-refractivity contribution in [3.05, 3.63) is 17.2 Å². The zero-order chi connectivity index (χ0) is 12.8. The molecular formula is C14H19BO2P. The summed E-state index contributed by atoms with van der Waals surface area (Å²) in [7, 11) is 0.665. The molecule has 2 heterocycles. The molecular weight excluding hydrogens is 242 g/mol. The molecule has 2 nitrogen and oxygen atoms in total. The van der Waals surface area contributed by atoms with E-state index in [2.05, 4.69) is 33.8 Å². The van der Waals surface area contributed by atoms with E-state index in [-0.39, 0.29) is 5.31 Å². The molecule has 1 unspecified atom stereocenters. The van der Waals surface area contributed by atoms with Crippen molar-refractivity contribution in [2.24, 2.45) is 0 Å². The van der Waals surface area contributed by atoms with E-state index in [0.717, 1.165) is 37.6 Å². The lowest BCUT2D eigenvalue weighted by atomic mass is 9.73. The van der Waals surface area contributed by atoms with Crippen molar-refractivity contribution >= 4 is 20.8 Å². The van der Waals surface area contributed by atoms with E-state index >= 15 is 0 Å². The van der Waals surface area contributed by atoms with E-state index < -0.39 is 0 Å². The van der Waals surface area contributed by atoms with Gasteiger partial charge in [-0.05, 0) is 17.2 Å². The van der Waals surface area contributed by atoms with Gasteiger partial charge >= 0.3 is 0 Å². The minimum absolute atomic E-state index is 0.241. The molecule has 4 heteroatoms. The zero-order valence-electron chi connectivity index (χ0n) is 11.3. The van der Waals surface area contributed by atoms with E-state index in [4.69, 9.17) is 9.47 Å². The summed E-state index contributed by atoms with van der Waals surface area (Å²) in [4.78, 5) is 0. The molecule has 0 bridgehead atoms. The van der Waals surface area contributed by atoms with Crippen LogP contribution in [0.15, 0.2) is 6.07 Å². The molecule has 0 spiro atoms. The second-order valence-electron chi connectivity index (χ2n) is 6.08. The second kappa shape index (κ2) is 4.45. The topological polar surface area (TPSA) is 18.5 Å². The van der Waals surface area contributed by atoms with Gasteiger partial charge in [0.15, 0.2) is 7.00 Å². The Labute approximate surface area is 111 Å². The SMILES string of the molecule is CC(C)(C)[B]Pc1c2c(cc3c1OCC3)CCO2. The monoisotopic (exact) mass is 261 g/mol. The van der Waals surface area contributed by atoms with Gasteiger partial charge in [-0.15, -0.1) is 8.46 Å². The molecule has 0 saturated heterocycles. The van der Waals surface area contributed by atoms with Gasteiger partial charge in [-0.1, -0.05) is 26.1 Å². The van der Waals surface area contributed by atoms with Crippen LogP contribution >= 0.6 is 8.46 Å². The molecule has 3 rings (SSSR count). The number of hydrogen-bond donors (Lipinski definition) is 0. The van der Waals surface area contributed by atoms with Crippen molar-refractivity contribution in [1.82, 2.24) is 0 Å². The molecule has 0 amide bonds. The number of benzene rings is 1. The van der Waals surface area contributed by atoms with Gasteiger partial charge in [0.25, 0.3) is 0 Å². The van der Waals surface area contributed by atoms with Crippen LogP contribution < -0.4 is 14.8 Å². The van der Waals surface area contributed by atoms with E-state index in [1.54, 1.807) is 0 Å². The van der Waals surface area contributed by atoms with Gasteiger partial charge in [0.2, 0.25) is 0 Å². The molecule has 2 aliphatic rings. The fraction of sp³-hybridized carbons (Fsp3) is 0.571. The van der Waals surface area contributed by atoms with Crippen LogP contribution in [0.5, 0.6) is 11.5 Å². The van der Waals surface area contributed by atoms with Crippen molar-refractivity contribution in [1.29, 1.82) is 0 Å². The van der Waals surface area contributed by atoms with Crippen LogP contribution in [0, 0.1) is 0 Å². The Morgan fingerprint density at radius 3 is 2.11 bits per heavy atom. The van der Waals surface area contributed by atoms with Crippen LogP contribution in [0.2, 0.25) is 5.31 Å². The largest absolute Gasteiger partial charge is 0.492 e. The summed E-state index contributed by atoms with van der Waals surface area (Å²) in [6.45, 7) is 10.8. The molecule has 0 aliphatic carbocycles. The van der Waals surface area contributed by atoms with Gasteiger partial charge in [-0.2, -0.15) is 0 Å². The average Bonchev–Trinajstić information content (AvgIpc) is 2.89. The fourth-order valence-corrected chi connectivity index (χ4v) is 3.72. The summed E-state index contributed by atoms with van der Waals surface area (Å²) in [6, 6.07) is 2.29. The molecule has 0 fully saturated rings. The molecule has 2 aliphatic heterocycles. The first-order valence-electron chi connectivity index (χ1n) is 6.60. The maximum atomic E-state index is 5.83. The minimum Gasteiger partial charge on any atom is -0.492 e. The van der Waals surface area contributed by atoms with Gasteiger partial charge in [0.05, 0.1) is 13.2 Å². The predicted molar refractivity (Wildman–Crippen MR) is 78.3 cm³/mol. The van der Waals surface area contributed by atoms with Crippen molar-refractivity contribution in [3.63, 3.8) is 0 Å². The van der Waals surface area contributed by atoms with Crippen molar-refractivity contribution < 1.29 is 9.47 Å². The van der Waals surface area contributed by atoms with Crippen LogP contribution in [0.1, 0.15) is 31.9 Å². The molecule has 1 radical (unpaired) electrons. The van der Waals surface area contributed by atoms with Crippen LogP contribution in [0.3, 0.4) is 0 Å². The van der Waals surface area contributed by atoms with E-state index in [1.807, 2.05) is 0 Å². The van der Waals surface area contributed by atoms with Gasteiger partial charge in [0.1, 0.15) is 11.5 Å². The first-order chi connectivity index (χ1) is 8.54. The third kappa shape index (κ3) is 2.25. The zero-order valence-corrected chi connectivity index (χ0v) is 12.3. The summed E-state index contributed by atoms with van der Waals surface area (Å²) in [5, 5.41) is 1.54. The summed E-state index contributed by atoms with van der Waals surface area (Å²) < 4.78 is 11.7. The van der Waals surface area contributed by atoms with Crippen LogP contribution in [0.4, 0.5) is 0 Å². The van der Waals surface area contributed by atoms with Crippen LogP contribution in [-0.2, 0) is 12.8 Å². The third-order valence-electron chi connectivity index (χ3n) is 3.27. The predicted octanol–water partition coefficient (Wildman–Crippen LogP) is 2.70. The smallest absolute Gasteiger partial charge is 0.155 e. The minimum atomic E-state index is 0.241. The van der Waals surface area contributed by atoms with Gasteiger partial charge < -0.3 is 9.47 Å². The fourth-order valence-electron chi connectivity index (χ4n) is 2.41. The number of hydrogen-bond acceptors (Lipinski definition) is 2. The van der Waals surface area contributed by atoms with E-state index in [1.165, 1.54) is 16.4 Å². The standard InChI is InChI=1S/C14H19BO2P/c1-14(2,3)15-18-13-11-9(4-6-16-11)8-10-5-7-17-12(10)13/h8,18H,4-7H2,1-3H3. The molecule has 0 saturated carbocycles. The van der Waals surface area contributed by atoms with Crippen molar-refractivity contribution in [2.45, 2.75) is 38.9 Å². The second-order valence-corrected chi connectivity index (χ2v) is 7.16. The Kier molecular flexibility index (Phi) is 3.06. The Morgan fingerprint density at radius 2 is 1.61 bits per heavy atom. The van der Waals surface area contributed by atoms with E-state index in [9.17, 15) is 0 Å². The molecule has 0 N–H and O–H groups in total. The third-order valence-corrected chi connectivity index (χ3v) is 5.02. The van der Waals surface area contributed by atoms with Gasteiger partial charge in [-0.25, -0.2) is 0 Å². The quantitative estimate of drug-likeness (QED) is 0.602. The lowest BCUT2D eigenvalue weighted by molar-refractivity contribution is 0.347. The van der Waals surface area contributed by atoms with Gasteiger partial charge in [-0.3, -0.25) is 0 Å².